The van der Waals surface area contributed by atoms with Gasteiger partial charge in [0.05, 0.1) is 24.9 Å². The molecule has 0 unspecified atom stereocenters. The zero-order valence-electron chi connectivity index (χ0n) is 13.7. The molecule has 0 aliphatic carbocycles. The van der Waals surface area contributed by atoms with Gasteiger partial charge in [-0.25, -0.2) is 4.98 Å². The standard InChI is InChI=1S/C16H21ClN4O2/c1-10(2)9-19-15-5-6-18-16(21-15)20-12-8-13(22-3)11(17)7-14(12)23-4/h5-8,10H,9H2,1-4H3,(H2,18,19,20,21). The molecule has 1 aromatic heterocycles. The highest BCUT2D eigenvalue weighted by Gasteiger charge is 2.11. The summed E-state index contributed by atoms with van der Waals surface area (Å²) >= 11 is 6.11. The number of aromatic nitrogens is 2. The second-order valence-electron chi connectivity index (χ2n) is 5.35. The van der Waals surface area contributed by atoms with Crippen molar-refractivity contribution in [2.24, 2.45) is 5.92 Å². The number of anilines is 3. The molecule has 0 amide bonds. The third kappa shape index (κ3) is 4.63. The average molecular weight is 337 g/mol. The van der Waals surface area contributed by atoms with E-state index >= 15 is 0 Å². The summed E-state index contributed by atoms with van der Waals surface area (Å²) in [6, 6.07) is 5.26. The van der Waals surface area contributed by atoms with Crippen LogP contribution < -0.4 is 20.1 Å². The molecule has 0 aliphatic heterocycles. The predicted molar refractivity (Wildman–Crippen MR) is 93.2 cm³/mol. The van der Waals surface area contributed by atoms with Crippen LogP contribution in [0.4, 0.5) is 17.5 Å². The van der Waals surface area contributed by atoms with Crippen LogP contribution in [-0.2, 0) is 0 Å². The first-order chi connectivity index (χ1) is 11.0. The molecule has 1 aromatic carbocycles. The minimum absolute atomic E-state index is 0.460. The lowest BCUT2D eigenvalue weighted by Crippen LogP contribution is -2.10. The molecular formula is C16H21ClN4O2. The molecule has 0 aliphatic rings. The van der Waals surface area contributed by atoms with E-state index in [1.165, 1.54) is 0 Å². The Balaban J connectivity index is 2.23. The van der Waals surface area contributed by atoms with E-state index in [1.54, 1.807) is 32.5 Å². The maximum atomic E-state index is 6.11. The quantitative estimate of drug-likeness (QED) is 0.797. The lowest BCUT2D eigenvalue weighted by Gasteiger charge is -2.14. The van der Waals surface area contributed by atoms with Gasteiger partial charge in [0.15, 0.2) is 0 Å². The van der Waals surface area contributed by atoms with Gasteiger partial charge in [-0.15, -0.1) is 0 Å². The summed E-state index contributed by atoms with van der Waals surface area (Å²) in [4.78, 5) is 8.65. The number of ether oxygens (including phenoxy) is 2. The fourth-order valence-corrected chi connectivity index (χ4v) is 2.14. The molecule has 23 heavy (non-hydrogen) atoms. The summed E-state index contributed by atoms with van der Waals surface area (Å²) in [7, 11) is 3.13. The van der Waals surface area contributed by atoms with Crippen LogP contribution in [0.5, 0.6) is 11.5 Å². The second-order valence-corrected chi connectivity index (χ2v) is 5.76. The summed E-state index contributed by atoms with van der Waals surface area (Å²) in [6.45, 7) is 5.12. The van der Waals surface area contributed by atoms with Crippen LogP contribution in [0.2, 0.25) is 5.02 Å². The Morgan fingerprint density at radius 3 is 2.57 bits per heavy atom. The van der Waals surface area contributed by atoms with Crippen molar-refractivity contribution < 1.29 is 9.47 Å². The van der Waals surface area contributed by atoms with Crippen LogP contribution in [0.15, 0.2) is 24.4 Å². The number of rotatable bonds is 7. The SMILES string of the molecule is COc1cc(Nc2nccc(NCC(C)C)n2)c(OC)cc1Cl. The number of halogens is 1. The van der Waals surface area contributed by atoms with E-state index < -0.39 is 0 Å². The van der Waals surface area contributed by atoms with Crippen molar-refractivity contribution in [2.75, 3.05) is 31.4 Å². The van der Waals surface area contributed by atoms with E-state index in [-0.39, 0.29) is 0 Å². The van der Waals surface area contributed by atoms with Crippen molar-refractivity contribution in [2.45, 2.75) is 13.8 Å². The summed E-state index contributed by atoms with van der Waals surface area (Å²) < 4.78 is 10.6. The summed E-state index contributed by atoms with van der Waals surface area (Å²) in [5.74, 6) is 2.88. The first-order valence-electron chi connectivity index (χ1n) is 7.29. The molecule has 0 spiro atoms. The number of benzene rings is 1. The highest BCUT2D eigenvalue weighted by atomic mass is 35.5. The monoisotopic (exact) mass is 336 g/mol. The molecule has 1 heterocycles. The molecule has 0 radical (unpaired) electrons. The van der Waals surface area contributed by atoms with Gasteiger partial charge in [0.2, 0.25) is 5.95 Å². The van der Waals surface area contributed by atoms with Gasteiger partial charge >= 0.3 is 0 Å². The molecule has 2 N–H and O–H groups in total. The molecule has 0 fully saturated rings. The lowest BCUT2D eigenvalue weighted by molar-refractivity contribution is 0.405. The fraction of sp³-hybridized carbons (Fsp3) is 0.375. The molecule has 2 rings (SSSR count). The Kier molecular flexibility index (Phi) is 5.87. The maximum absolute atomic E-state index is 6.11. The number of methoxy groups -OCH3 is 2. The first kappa shape index (κ1) is 17.1. The van der Waals surface area contributed by atoms with E-state index in [0.717, 1.165) is 12.4 Å². The van der Waals surface area contributed by atoms with Gasteiger partial charge in [0, 0.05) is 24.9 Å². The Labute approximate surface area is 141 Å². The number of nitrogens with zero attached hydrogens (tertiary/aromatic N) is 2. The average Bonchev–Trinajstić information content (AvgIpc) is 2.54. The van der Waals surface area contributed by atoms with E-state index in [2.05, 4.69) is 34.4 Å². The van der Waals surface area contributed by atoms with Gasteiger partial charge in [-0.1, -0.05) is 25.4 Å². The Hall–Kier alpha value is -2.21. The molecule has 2 aromatic rings. The Bertz CT molecular complexity index is 665. The topological polar surface area (TPSA) is 68.3 Å². The zero-order valence-corrected chi connectivity index (χ0v) is 14.4. The molecular weight excluding hydrogens is 316 g/mol. The second kappa shape index (κ2) is 7.87. The Morgan fingerprint density at radius 2 is 1.91 bits per heavy atom. The number of hydrogen-bond donors (Lipinski definition) is 2. The van der Waals surface area contributed by atoms with Crippen LogP contribution >= 0.6 is 11.6 Å². The van der Waals surface area contributed by atoms with Crippen molar-refractivity contribution >= 4 is 29.1 Å². The highest BCUT2D eigenvalue weighted by Crippen LogP contribution is 2.36. The van der Waals surface area contributed by atoms with Crippen molar-refractivity contribution in [1.29, 1.82) is 0 Å². The van der Waals surface area contributed by atoms with Gasteiger partial charge in [-0.05, 0) is 12.0 Å². The van der Waals surface area contributed by atoms with Gasteiger partial charge in [0.1, 0.15) is 17.3 Å². The summed E-state index contributed by atoms with van der Waals surface area (Å²) in [6.07, 6.45) is 1.69. The zero-order chi connectivity index (χ0) is 16.8. The molecule has 6 nitrogen and oxygen atoms in total. The molecule has 124 valence electrons. The largest absolute Gasteiger partial charge is 0.495 e. The highest BCUT2D eigenvalue weighted by molar-refractivity contribution is 6.32. The van der Waals surface area contributed by atoms with Crippen molar-refractivity contribution in [1.82, 2.24) is 9.97 Å². The van der Waals surface area contributed by atoms with Gasteiger partial charge in [-0.3, -0.25) is 0 Å². The van der Waals surface area contributed by atoms with Crippen LogP contribution in [-0.4, -0.2) is 30.7 Å². The van der Waals surface area contributed by atoms with E-state index in [0.29, 0.717) is 34.1 Å². The van der Waals surface area contributed by atoms with E-state index in [4.69, 9.17) is 21.1 Å². The molecule has 0 atom stereocenters. The van der Waals surface area contributed by atoms with Crippen molar-refractivity contribution in [3.8, 4) is 11.5 Å². The van der Waals surface area contributed by atoms with E-state index in [1.807, 2.05) is 6.07 Å². The molecule has 7 heteroatoms. The third-order valence-corrected chi connectivity index (χ3v) is 3.36. The van der Waals surface area contributed by atoms with E-state index in [9.17, 15) is 0 Å². The number of nitrogens with one attached hydrogen (secondary N) is 2. The minimum Gasteiger partial charge on any atom is -0.495 e. The van der Waals surface area contributed by atoms with Gasteiger partial charge < -0.3 is 20.1 Å². The molecule has 0 saturated carbocycles. The first-order valence-corrected chi connectivity index (χ1v) is 7.66. The lowest BCUT2D eigenvalue weighted by atomic mass is 10.2. The molecule has 0 bridgehead atoms. The Morgan fingerprint density at radius 1 is 1.17 bits per heavy atom. The summed E-state index contributed by atoms with van der Waals surface area (Å²) in [5.41, 5.74) is 0.676. The van der Waals surface area contributed by atoms with Crippen molar-refractivity contribution in [3.63, 3.8) is 0 Å². The fourth-order valence-electron chi connectivity index (χ4n) is 1.90. The third-order valence-electron chi connectivity index (χ3n) is 3.07. The van der Waals surface area contributed by atoms with Gasteiger partial charge in [-0.2, -0.15) is 4.98 Å². The molecule has 0 saturated heterocycles. The summed E-state index contributed by atoms with van der Waals surface area (Å²) in [5, 5.41) is 6.87. The smallest absolute Gasteiger partial charge is 0.229 e. The maximum Gasteiger partial charge on any atom is 0.229 e. The normalized spacial score (nSPS) is 10.5. The van der Waals surface area contributed by atoms with Crippen LogP contribution in [0.1, 0.15) is 13.8 Å². The van der Waals surface area contributed by atoms with Crippen LogP contribution in [0, 0.1) is 5.92 Å². The van der Waals surface area contributed by atoms with Crippen LogP contribution in [0.3, 0.4) is 0 Å². The minimum atomic E-state index is 0.460. The predicted octanol–water partition coefficient (Wildman–Crippen LogP) is 3.96. The number of hydrogen-bond acceptors (Lipinski definition) is 6. The van der Waals surface area contributed by atoms with Crippen molar-refractivity contribution in [3.05, 3.63) is 29.4 Å². The van der Waals surface area contributed by atoms with Gasteiger partial charge in [0.25, 0.3) is 0 Å². The van der Waals surface area contributed by atoms with Crippen LogP contribution in [0.25, 0.3) is 0 Å².